The Labute approximate surface area is 346 Å². The van der Waals surface area contributed by atoms with E-state index < -0.39 is 16.2 Å². The summed E-state index contributed by atoms with van der Waals surface area (Å²) in [6.45, 7) is 0.264. The Hall–Kier alpha value is -6.31. The van der Waals surface area contributed by atoms with Crippen LogP contribution in [0.4, 0.5) is 0 Å². The molecule has 7 heteroatoms. The Bertz CT molecular complexity index is 2450. The summed E-state index contributed by atoms with van der Waals surface area (Å²) in [4.78, 5) is 44.6. The van der Waals surface area contributed by atoms with Crippen molar-refractivity contribution in [1.82, 2.24) is 10.6 Å². The van der Waals surface area contributed by atoms with Crippen molar-refractivity contribution in [3.63, 3.8) is 0 Å². The van der Waals surface area contributed by atoms with Gasteiger partial charge in [-0.15, -0.1) is 0 Å². The average Bonchev–Trinajstić information content (AvgIpc) is 3.60. The van der Waals surface area contributed by atoms with Crippen LogP contribution < -0.4 is 16.4 Å². The number of hydrogen-bond donors (Lipinski definition) is 3. The maximum absolute atomic E-state index is 15.4. The van der Waals surface area contributed by atoms with E-state index in [-0.39, 0.29) is 37.4 Å². The van der Waals surface area contributed by atoms with Crippen LogP contribution in [0.3, 0.4) is 0 Å². The summed E-state index contributed by atoms with van der Waals surface area (Å²) in [5.74, 6) is -0.772. The highest BCUT2D eigenvalue weighted by molar-refractivity contribution is 5.90. The van der Waals surface area contributed by atoms with Gasteiger partial charge < -0.3 is 21.1 Å². The first-order valence-corrected chi connectivity index (χ1v) is 20.6. The lowest BCUT2D eigenvalue weighted by molar-refractivity contribution is -0.153. The zero-order valence-corrected chi connectivity index (χ0v) is 33.4. The number of ether oxygens (including phenoxy) is 1. The molecule has 0 unspecified atom stereocenters. The Balaban J connectivity index is 1.09. The van der Waals surface area contributed by atoms with Crippen molar-refractivity contribution in [2.24, 2.45) is 22.0 Å². The summed E-state index contributed by atoms with van der Waals surface area (Å²) in [6.07, 6.45) is 2.47. The normalized spacial score (nSPS) is 16.4. The van der Waals surface area contributed by atoms with Gasteiger partial charge in [-0.3, -0.25) is 14.4 Å². The highest BCUT2D eigenvalue weighted by Gasteiger charge is 2.48. The second kappa shape index (κ2) is 15.5. The van der Waals surface area contributed by atoms with Gasteiger partial charge in [0.25, 0.3) is 0 Å². The van der Waals surface area contributed by atoms with Crippen molar-refractivity contribution in [1.29, 1.82) is 0 Å². The summed E-state index contributed by atoms with van der Waals surface area (Å²) < 4.78 is 5.57. The standard InChI is InChI=1S/C52H49N3O4/c1-59-49(58)52(30-39-18-6-12-24-45(39)46-25-13-7-19-40(46)31-52)34-55-48(57)51(28-37-16-4-10-22-43(37)44-23-11-5-17-38(44)29-51)33-54-47(56)50(32-53)26-35-14-2-8-20-41(35)42-21-9-3-15-36(42)27-50/h2-25H,26-34,53H2,1H3,(H,54,56)(H,55,57). The summed E-state index contributed by atoms with van der Waals surface area (Å²) >= 11 is 0. The van der Waals surface area contributed by atoms with E-state index in [1.165, 1.54) is 7.11 Å². The van der Waals surface area contributed by atoms with E-state index in [1.54, 1.807) is 0 Å². The number of benzene rings is 6. The molecule has 0 saturated heterocycles. The van der Waals surface area contributed by atoms with Crippen molar-refractivity contribution in [2.45, 2.75) is 38.5 Å². The number of nitrogens with one attached hydrogen (secondary N) is 2. The molecular formula is C52H49N3O4. The van der Waals surface area contributed by atoms with Crippen LogP contribution in [0.5, 0.6) is 0 Å². The van der Waals surface area contributed by atoms with Gasteiger partial charge in [0.05, 0.1) is 23.4 Å². The SMILES string of the molecule is COC(=O)C1(CNC(=O)C2(CNC(=O)C3(CN)Cc4ccccc4-c4ccccc4C3)Cc3ccccc3-c3ccccc3C2)Cc2ccccc2-c2ccccc2C1. The molecule has 0 heterocycles. The number of methoxy groups -OCH3 is 1. The molecule has 3 aliphatic carbocycles. The highest BCUT2D eigenvalue weighted by Crippen LogP contribution is 2.44. The van der Waals surface area contributed by atoms with Crippen molar-refractivity contribution in [3.8, 4) is 33.4 Å². The van der Waals surface area contributed by atoms with Gasteiger partial charge in [-0.1, -0.05) is 146 Å². The minimum Gasteiger partial charge on any atom is -0.469 e. The molecule has 9 rings (SSSR count). The van der Waals surface area contributed by atoms with E-state index in [4.69, 9.17) is 10.5 Å². The molecule has 6 aromatic carbocycles. The number of carbonyl (C=O) groups is 3. The smallest absolute Gasteiger partial charge is 0.314 e. The Morgan fingerprint density at radius 2 is 0.695 bits per heavy atom. The molecule has 0 aliphatic heterocycles. The van der Waals surface area contributed by atoms with Gasteiger partial charge in [-0.05, 0) is 105 Å². The lowest BCUT2D eigenvalue weighted by atomic mass is 9.74. The third-order valence-electron chi connectivity index (χ3n) is 13.3. The van der Waals surface area contributed by atoms with Crippen molar-refractivity contribution in [2.75, 3.05) is 26.7 Å². The highest BCUT2D eigenvalue weighted by atomic mass is 16.5. The Morgan fingerprint density at radius 3 is 1.00 bits per heavy atom. The molecule has 6 aromatic rings. The molecule has 0 spiro atoms. The number of fused-ring (bicyclic) bond motifs is 9. The van der Waals surface area contributed by atoms with E-state index in [2.05, 4.69) is 83.4 Å². The minimum atomic E-state index is -1.12. The zero-order chi connectivity index (χ0) is 40.6. The monoisotopic (exact) mass is 779 g/mol. The first kappa shape index (κ1) is 38.2. The maximum Gasteiger partial charge on any atom is 0.314 e. The predicted molar refractivity (Wildman–Crippen MR) is 232 cm³/mol. The van der Waals surface area contributed by atoms with E-state index in [9.17, 15) is 9.59 Å². The van der Waals surface area contributed by atoms with Crippen LogP contribution in [-0.2, 0) is 57.6 Å². The summed E-state index contributed by atoms with van der Waals surface area (Å²) in [5, 5.41) is 6.71. The number of rotatable bonds is 8. The zero-order valence-electron chi connectivity index (χ0n) is 33.4. The summed E-state index contributed by atoms with van der Waals surface area (Å²) in [7, 11) is 1.42. The van der Waals surface area contributed by atoms with Gasteiger partial charge in [0, 0.05) is 19.6 Å². The summed E-state index contributed by atoms with van der Waals surface area (Å²) in [6, 6.07) is 49.3. The summed E-state index contributed by atoms with van der Waals surface area (Å²) in [5.41, 5.74) is 16.3. The predicted octanol–water partition coefficient (Wildman–Crippen LogP) is 7.71. The molecule has 7 nitrogen and oxygen atoms in total. The lowest BCUT2D eigenvalue weighted by Crippen LogP contribution is -2.57. The molecule has 0 radical (unpaired) electrons. The fourth-order valence-corrected chi connectivity index (χ4v) is 10.2. The van der Waals surface area contributed by atoms with Crippen LogP contribution in [-0.4, -0.2) is 44.5 Å². The van der Waals surface area contributed by atoms with Gasteiger partial charge in [0.2, 0.25) is 11.8 Å². The average molecular weight is 780 g/mol. The number of esters is 1. The first-order valence-electron chi connectivity index (χ1n) is 20.6. The molecule has 3 aliphatic rings. The molecule has 0 fully saturated rings. The molecule has 0 bridgehead atoms. The van der Waals surface area contributed by atoms with Crippen molar-refractivity contribution < 1.29 is 19.1 Å². The van der Waals surface area contributed by atoms with Crippen LogP contribution in [0.15, 0.2) is 146 Å². The van der Waals surface area contributed by atoms with E-state index in [0.717, 1.165) is 66.8 Å². The van der Waals surface area contributed by atoms with Crippen LogP contribution in [0.25, 0.3) is 33.4 Å². The molecule has 4 N–H and O–H groups in total. The fourth-order valence-electron chi connectivity index (χ4n) is 10.2. The second-order valence-electron chi connectivity index (χ2n) is 16.9. The number of carbonyl (C=O) groups excluding carboxylic acids is 3. The Kier molecular flexibility index (Phi) is 10.0. The molecular weight excluding hydrogens is 731 g/mol. The van der Waals surface area contributed by atoms with Gasteiger partial charge in [0.1, 0.15) is 0 Å². The Morgan fingerprint density at radius 1 is 0.441 bits per heavy atom. The topological polar surface area (TPSA) is 111 Å². The quantitative estimate of drug-likeness (QED) is 0.137. The van der Waals surface area contributed by atoms with Crippen LogP contribution in [0.1, 0.15) is 33.4 Å². The third-order valence-corrected chi connectivity index (χ3v) is 13.3. The minimum absolute atomic E-state index is 0.0560. The maximum atomic E-state index is 15.4. The van der Waals surface area contributed by atoms with Crippen LogP contribution in [0, 0.1) is 16.2 Å². The van der Waals surface area contributed by atoms with Crippen molar-refractivity contribution >= 4 is 17.8 Å². The second-order valence-corrected chi connectivity index (χ2v) is 16.9. The first-order chi connectivity index (χ1) is 28.8. The molecule has 0 saturated carbocycles. The molecule has 2 amide bonds. The van der Waals surface area contributed by atoms with Crippen LogP contribution in [0.2, 0.25) is 0 Å². The number of amides is 2. The van der Waals surface area contributed by atoms with E-state index in [1.807, 2.05) is 72.8 Å². The van der Waals surface area contributed by atoms with Crippen LogP contribution >= 0.6 is 0 Å². The van der Waals surface area contributed by atoms with Gasteiger partial charge >= 0.3 is 5.97 Å². The van der Waals surface area contributed by atoms with Gasteiger partial charge in [0.15, 0.2) is 0 Å². The molecule has 59 heavy (non-hydrogen) atoms. The molecule has 296 valence electrons. The molecule has 0 aromatic heterocycles. The fraction of sp³-hybridized carbons (Fsp3) is 0.250. The van der Waals surface area contributed by atoms with Gasteiger partial charge in [-0.25, -0.2) is 0 Å². The lowest BCUT2D eigenvalue weighted by Gasteiger charge is -2.37. The van der Waals surface area contributed by atoms with Gasteiger partial charge in [-0.2, -0.15) is 0 Å². The molecule has 0 atom stereocenters. The van der Waals surface area contributed by atoms with Crippen molar-refractivity contribution in [3.05, 3.63) is 179 Å². The third kappa shape index (κ3) is 6.83. The largest absolute Gasteiger partial charge is 0.469 e. The number of nitrogens with two attached hydrogens (primary N) is 1. The number of hydrogen-bond acceptors (Lipinski definition) is 5. The van der Waals surface area contributed by atoms with E-state index >= 15 is 4.79 Å². The van der Waals surface area contributed by atoms with E-state index in [0.29, 0.717) is 38.5 Å².